The number of benzene rings is 1. The molecule has 1 atom stereocenters. The first kappa shape index (κ1) is 14.5. The molecule has 18 heavy (non-hydrogen) atoms. The molecule has 0 saturated carbocycles. The SMILES string of the molecule is COCC(NC(=O)c1cccc(O)c1C)C(C)C. The Morgan fingerprint density at radius 3 is 2.67 bits per heavy atom. The van der Waals surface area contributed by atoms with Gasteiger partial charge in [0.25, 0.3) is 5.91 Å². The fraction of sp³-hybridized carbons (Fsp3) is 0.500. The van der Waals surface area contributed by atoms with Crippen LogP contribution in [0.15, 0.2) is 18.2 Å². The summed E-state index contributed by atoms with van der Waals surface area (Å²) in [5.74, 6) is 0.237. The molecule has 1 aromatic rings. The van der Waals surface area contributed by atoms with E-state index in [1.54, 1.807) is 32.2 Å². The maximum atomic E-state index is 12.1. The molecule has 0 radical (unpaired) electrons. The predicted octanol–water partition coefficient (Wildman–Crippen LogP) is 2.10. The predicted molar refractivity (Wildman–Crippen MR) is 70.8 cm³/mol. The molecule has 0 aliphatic rings. The van der Waals surface area contributed by atoms with E-state index in [9.17, 15) is 9.90 Å². The zero-order valence-corrected chi connectivity index (χ0v) is 11.4. The van der Waals surface area contributed by atoms with Crippen molar-refractivity contribution < 1.29 is 14.6 Å². The molecule has 4 heteroatoms. The van der Waals surface area contributed by atoms with Crippen LogP contribution in [0.5, 0.6) is 5.75 Å². The Morgan fingerprint density at radius 1 is 1.44 bits per heavy atom. The van der Waals surface area contributed by atoms with Crippen molar-refractivity contribution in [3.8, 4) is 5.75 Å². The molecule has 1 amide bonds. The van der Waals surface area contributed by atoms with Crippen molar-refractivity contribution in [1.82, 2.24) is 5.32 Å². The minimum Gasteiger partial charge on any atom is -0.508 e. The third kappa shape index (κ3) is 3.47. The number of hydrogen-bond acceptors (Lipinski definition) is 3. The summed E-state index contributed by atoms with van der Waals surface area (Å²) in [6, 6.07) is 4.90. The van der Waals surface area contributed by atoms with Gasteiger partial charge in [0.2, 0.25) is 0 Å². The number of rotatable bonds is 5. The van der Waals surface area contributed by atoms with E-state index < -0.39 is 0 Å². The van der Waals surface area contributed by atoms with Gasteiger partial charge >= 0.3 is 0 Å². The molecule has 0 heterocycles. The topological polar surface area (TPSA) is 58.6 Å². The van der Waals surface area contributed by atoms with Crippen LogP contribution >= 0.6 is 0 Å². The van der Waals surface area contributed by atoms with E-state index in [0.717, 1.165) is 0 Å². The second-order valence-corrected chi connectivity index (χ2v) is 4.73. The summed E-state index contributed by atoms with van der Waals surface area (Å²) in [5.41, 5.74) is 1.09. The van der Waals surface area contributed by atoms with Gasteiger partial charge in [-0.05, 0) is 25.0 Å². The van der Waals surface area contributed by atoms with Gasteiger partial charge in [-0.15, -0.1) is 0 Å². The van der Waals surface area contributed by atoms with Crippen molar-refractivity contribution in [1.29, 1.82) is 0 Å². The molecule has 0 saturated heterocycles. The minimum atomic E-state index is -0.181. The first-order valence-electron chi connectivity index (χ1n) is 6.05. The van der Waals surface area contributed by atoms with Crippen molar-refractivity contribution in [2.24, 2.45) is 5.92 Å². The number of carbonyl (C=O) groups excluding carboxylic acids is 1. The number of amides is 1. The largest absolute Gasteiger partial charge is 0.508 e. The van der Waals surface area contributed by atoms with E-state index in [1.165, 1.54) is 0 Å². The van der Waals surface area contributed by atoms with Crippen LogP contribution in [-0.4, -0.2) is 30.8 Å². The Kier molecular flexibility index (Phi) is 5.16. The third-order valence-electron chi connectivity index (χ3n) is 3.02. The fourth-order valence-electron chi connectivity index (χ4n) is 1.70. The molecule has 0 aliphatic heterocycles. The molecular formula is C14H21NO3. The molecule has 4 nitrogen and oxygen atoms in total. The van der Waals surface area contributed by atoms with Gasteiger partial charge in [0.15, 0.2) is 0 Å². The van der Waals surface area contributed by atoms with Crippen LogP contribution in [0, 0.1) is 12.8 Å². The Hall–Kier alpha value is -1.55. The highest BCUT2D eigenvalue weighted by Crippen LogP contribution is 2.19. The summed E-state index contributed by atoms with van der Waals surface area (Å²) in [6.07, 6.45) is 0. The summed E-state index contributed by atoms with van der Waals surface area (Å²) < 4.78 is 5.09. The first-order chi connectivity index (χ1) is 8.47. The number of ether oxygens (including phenoxy) is 1. The lowest BCUT2D eigenvalue weighted by Gasteiger charge is -2.22. The van der Waals surface area contributed by atoms with Gasteiger partial charge in [0, 0.05) is 18.2 Å². The maximum absolute atomic E-state index is 12.1. The molecule has 0 fully saturated rings. The van der Waals surface area contributed by atoms with E-state index in [4.69, 9.17) is 4.74 Å². The maximum Gasteiger partial charge on any atom is 0.251 e. The van der Waals surface area contributed by atoms with Crippen LogP contribution in [0.3, 0.4) is 0 Å². The number of carbonyl (C=O) groups is 1. The summed E-state index contributed by atoms with van der Waals surface area (Å²) in [6.45, 7) is 6.25. The van der Waals surface area contributed by atoms with E-state index >= 15 is 0 Å². The molecule has 0 aliphatic carbocycles. The van der Waals surface area contributed by atoms with Crippen LogP contribution < -0.4 is 5.32 Å². The molecule has 1 aromatic carbocycles. The number of phenols is 1. The van der Waals surface area contributed by atoms with Gasteiger partial charge < -0.3 is 15.2 Å². The van der Waals surface area contributed by atoms with Crippen LogP contribution in [0.25, 0.3) is 0 Å². The lowest BCUT2D eigenvalue weighted by atomic mass is 10.0. The molecule has 2 N–H and O–H groups in total. The van der Waals surface area contributed by atoms with Gasteiger partial charge in [0.1, 0.15) is 5.75 Å². The highest BCUT2D eigenvalue weighted by Gasteiger charge is 2.18. The highest BCUT2D eigenvalue weighted by molar-refractivity contribution is 5.96. The van der Waals surface area contributed by atoms with Crippen LogP contribution in [0.2, 0.25) is 0 Å². The third-order valence-corrected chi connectivity index (χ3v) is 3.02. The number of phenolic OH excluding ortho intramolecular Hbond substituents is 1. The van der Waals surface area contributed by atoms with E-state index in [0.29, 0.717) is 17.7 Å². The van der Waals surface area contributed by atoms with Crippen molar-refractivity contribution >= 4 is 5.91 Å². The van der Waals surface area contributed by atoms with Gasteiger partial charge in [0.05, 0.1) is 12.6 Å². The van der Waals surface area contributed by atoms with Crippen LogP contribution in [0.4, 0.5) is 0 Å². The second-order valence-electron chi connectivity index (χ2n) is 4.73. The normalized spacial score (nSPS) is 12.5. The van der Waals surface area contributed by atoms with Crippen LogP contribution in [0.1, 0.15) is 29.8 Å². The summed E-state index contributed by atoms with van der Waals surface area (Å²) >= 11 is 0. The zero-order chi connectivity index (χ0) is 13.7. The monoisotopic (exact) mass is 251 g/mol. The number of aromatic hydroxyl groups is 1. The van der Waals surface area contributed by atoms with Crippen LogP contribution in [-0.2, 0) is 4.74 Å². The second kappa shape index (κ2) is 6.40. The smallest absolute Gasteiger partial charge is 0.251 e. The van der Waals surface area contributed by atoms with Crippen molar-refractivity contribution in [3.63, 3.8) is 0 Å². The van der Waals surface area contributed by atoms with Gasteiger partial charge in [-0.1, -0.05) is 19.9 Å². The average molecular weight is 251 g/mol. The summed E-state index contributed by atoms with van der Waals surface area (Å²) in [5, 5.41) is 12.5. The average Bonchev–Trinajstić information content (AvgIpc) is 2.31. The summed E-state index contributed by atoms with van der Waals surface area (Å²) in [7, 11) is 1.61. The van der Waals surface area contributed by atoms with Gasteiger partial charge in [-0.25, -0.2) is 0 Å². The van der Waals surface area contributed by atoms with Gasteiger partial charge in [-0.3, -0.25) is 4.79 Å². The number of methoxy groups -OCH3 is 1. The van der Waals surface area contributed by atoms with Crippen molar-refractivity contribution in [2.75, 3.05) is 13.7 Å². The fourth-order valence-corrected chi connectivity index (χ4v) is 1.70. The highest BCUT2D eigenvalue weighted by atomic mass is 16.5. The standard InChI is InChI=1S/C14H21NO3/c1-9(2)12(8-18-4)15-14(17)11-6-5-7-13(16)10(11)3/h5-7,9,12,16H,8H2,1-4H3,(H,15,17). The summed E-state index contributed by atoms with van der Waals surface area (Å²) in [4.78, 5) is 12.1. The Bertz CT molecular complexity index is 416. The molecule has 0 spiro atoms. The number of nitrogens with one attached hydrogen (secondary N) is 1. The molecule has 100 valence electrons. The lowest BCUT2D eigenvalue weighted by molar-refractivity contribution is 0.0865. The lowest BCUT2D eigenvalue weighted by Crippen LogP contribution is -2.41. The van der Waals surface area contributed by atoms with E-state index in [2.05, 4.69) is 5.32 Å². The molecule has 1 unspecified atom stereocenters. The zero-order valence-electron chi connectivity index (χ0n) is 11.4. The quantitative estimate of drug-likeness (QED) is 0.842. The molecule has 0 aromatic heterocycles. The first-order valence-corrected chi connectivity index (χ1v) is 6.05. The Labute approximate surface area is 108 Å². The van der Waals surface area contributed by atoms with Crippen molar-refractivity contribution in [3.05, 3.63) is 29.3 Å². The minimum absolute atomic E-state index is 0.0377. The van der Waals surface area contributed by atoms with Crippen molar-refractivity contribution in [2.45, 2.75) is 26.8 Å². The van der Waals surface area contributed by atoms with E-state index in [-0.39, 0.29) is 23.6 Å². The molecule has 1 rings (SSSR count). The number of hydrogen-bond donors (Lipinski definition) is 2. The van der Waals surface area contributed by atoms with Gasteiger partial charge in [-0.2, -0.15) is 0 Å². The molecular weight excluding hydrogens is 230 g/mol. The van der Waals surface area contributed by atoms with E-state index in [1.807, 2.05) is 13.8 Å². The Balaban J connectivity index is 2.84. The molecule has 0 bridgehead atoms. The Morgan fingerprint density at radius 2 is 2.11 bits per heavy atom.